The highest BCUT2D eigenvalue weighted by Crippen LogP contribution is 2.09. The van der Waals surface area contributed by atoms with Gasteiger partial charge in [-0.2, -0.15) is 0 Å². The van der Waals surface area contributed by atoms with Gasteiger partial charge in [0.15, 0.2) is 0 Å². The number of rotatable bonds is 23. The number of carbonyl (C=O) groups excluding carboxylic acids is 7. The molecule has 0 unspecified atom stereocenters. The van der Waals surface area contributed by atoms with Crippen LogP contribution in [-0.2, 0) is 56.0 Å². The molecule has 0 radical (unpaired) electrons. The number of hydrogen-bond acceptors (Lipinski definition) is 11. The Bertz CT molecular complexity index is 1650. The number of aromatic nitrogens is 2. The molecule has 0 aliphatic carbocycles. The fraction of sp³-hybridized carbons (Fsp3) is 0.455. The summed E-state index contributed by atoms with van der Waals surface area (Å²) >= 11 is 0. The number of nitrogens with two attached hydrogens (primary N) is 3. The Kier molecular flexibility index (Phi) is 17.2. The van der Waals surface area contributed by atoms with Gasteiger partial charge in [0.2, 0.25) is 41.4 Å². The predicted octanol–water partition coefficient (Wildman–Crippen LogP) is -3.70. The minimum atomic E-state index is -1.71. The van der Waals surface area contributed by atoms with Gasteiger partial charge in [-0.25, -0.2) is 9.78 Å². The smallest absolute Gasteiger partial charge is 0.326 e. The molecular formula is C33H46N10O11. The number of aromatic amines is 1. The molecule has 14 N–H and O–H groups in total. The molecule has 7 amide bonds. The molecular weight excluding hydrogens is 712 g/mol. The van der Waals surface area contributed by atoms with Crippen molar-refractivity contribution in [3.05, 3.63) is 54.1 Å². The number of carboxylic acids is 2. The molecule has 0 fully saturated rings. The highest BCUT2D eigenvalue weighted by Gasteiger charge is 2.35. The fourth-order valence-corrected chi connectivity index (χ4v) is 4.97. The molecule has 294 valence electrons. The summed E-state index contributed by atoms with van der Waals surface area (Å²) in [5, 5.41) is 30.8. The van der Waals surface area contributed by atoms with Crippen molar-refractivity contribution >= 4 is 53.3 Å². The van der Waals surface area contributed by atoms with Gasteiger partial charge in [0.05, 0.1) is 30.9 Å². The van der Waals surface area contributed by atoms with Gasteiger partial charge in [-0.1, -0.05) is 44.2 Å². The van der Waals surface area contributed by atoms with Crippen molar-refractivity contribution in [3.63, 3.8) is 0 Å². The Hall–Kier alpha value is -6.38. The van der Waals surface area contributed by atoms with Crippen molar-refractivity contribution in [2.45, 2.75) is 88.6 Å². The lowest BCUT2D eigenvalue weighted by Crippen LogP contribution is -2.61. The van der Waals surface area contributed by atoms with Crippen molar-refractivity contribution < 1.29 is 53.4 Å². The zero-order chi connectivity index (χ0) is 40.5. The van der Waals surface area contributed by atoms with Crippen LogP contribution in [0.1, 0.15) is 50.8 Å². The molecule has 1 aromatic heterocycles. The number of carbonyl (C=O) groups is 9. The van der Waals surface area contributed by atoms with Crippen LogP contribution < -0.4 is 43.8 Å². The van der Waals surface area contributed by atoms with E-state index in [0.717, 1.165) is 0 Å². The number of nitrogens with one attached hydrogen (secondary N) is 6. The molecule has 1 heterocycles. The molecule has 2 rings (SSSR count). The summed E-state index contributed by atoms with van der Waals surface area (Å²) in [5.74, 6) is -10.4. The third kappa shape index (κ3) is 15.1. The first-order valence-corrected chi connectivity index (χ1v) is 16.7. The van der Waals surface area contributed by atoms with Crippen molar-refractivity contribution in [1.29, 1.82) is 0 Å². The van der Waals surface area contributed by atoms with Crippen LogP contribution in [0.5, 0.6) is 0 Å². The minimum Gasteiger partial charge on any atom is -0.481 e. The highest BCUT2D eigenvalue weighted by molar-refractivity contribution is 5.98. The van der Waals surface area contributed by atoms with E-state index in [2.05, 4.69) is 36.6 Å². The lowest BCUT2D eigenvalue weighted by atomic mass is 10.0. The van der Waals surface area contributed by atoms with Crippen LogP contribution in [0.2, 0.25) is 0 Å². The van der Waals surface area contributed by atoms with E-state index < -0.39 is 108 Å². The Morgan fingerprint density at radius 1 is 0.704 bits per heavy atom. The van der Waals surface area contributed by atoms with Crippen molar-refractivity contribution in [1.82, 2.24) is 36.6 Å². The Morgan fingerprint density at radius 2 is 1.26 bits per heavy atom. The summed E-state index contributed by atoms with van der Waals surface area (Å²) in [7, 11) is 0. The van der Waals surface area contributed by atoms with E-state index in [0.29, 0.717) is 5.56 Å². The quantitative estimate of drug-likeness (QED) is 0.0521. The molecule has 0 aliphatic heterocycles. The predicted molar refractivity (Wildman–Crippen MR) is 187 cm³/mol. The standard InChI is InChI=1S/C33H46N10O11/c1-16(2)27(43-31(51)22(13-26(46)47)39-28(48)19(34)8-9-24(35)44)32(52)41-20(11-18-14-37-15-38-18)29(49)40-21(12-25(36)45)30(50)42-23(33(53)54)10-17-6-4-3-5-7-17/h3-7,14-16,19-23,27H,8-13,34H2,1-2H3,(H2,35,44)(H2,36,45)(H,37,38)(H,39,48)(H,40,49)(H,41,52)(H,42,50)(H,43,51)(H,46,47)(H,53,54)/t19-,20-,21-,22-,23-,27-/m0/s1. The zero-order valence-corrected chi connectivity index (χ0v) is 29.6. The number of hydrogen-bond donors (Lipinski definition) is 11. The van der Waals surface area contributed by atoms with Gasteiger partial charge in [0.25, 0.3) is 0 Å². The van der Waals surface area contributed by atoms with E-state index in [4.69, 9.17) is 17.2 Å². The van der Waals surface area contributed by atoms with Crippen LogP contribution in [-0.4, -0.2) is 110 Å². The van der Waals surface area contributed by atoms with Gasteiger partial charge in [-0.15, -0.1) is 0 Å². The molecule has 0 spiro atoms. The molecule has 54 heavy (non-hydrogen) atoms. The maximum atomic E-state index is 13.7. The van der Waals surface area contributed by atoms with Crippen molar-refractivity contribution in [2.24, 2.45) is 23.1 Å². The summed E-state index contributed by atoms with van der Waals surface area (Å²) in [6.07, 6.45) is 0.209. The van der Waals surface area contributed by atoms with E-state index in [1.54, 1.807) is 30.3 Å². The first-order valence-electron chi connectivity index (χ1n) is 16.7. The molecule has 0 aliphatic rings. The van der Waals surface area contributed by atoms with Crippen LogP contribution in [0.25, 0.3) is 0 Å². The SMILES string of the molecule is CC(C)[C@H](NC(=O)[C@H](CC(=O)O)NC(=O)[C@@H](N)CCC(N)=O)C(=O)N[C@@H](Cc1c[nH]cn1)C(=O)N[C@@H](CC(N)=O)C(=O)N[C@@H](Cc1ccccc1)C(=O)O. The molecule has 21 nitrogen and oxygen atoms in total. The summed E-state index contributed by atoms with van der Waals surface area (Å²) in [5.41, 5.74) is 17.0. The Balaban J connectivity index is 2.29. The first-order chi connectivity index (χ1) is 25.4. The number of imidazole rings is 1. The number of H-pyrrole nitrogens is 1. The van der Waals surface area contributed by atoms with Crippen molar-refractivity contribution in [2.75, 3.05) is 0 Å². The Labute approximate surface area is 308 Å². The van der Waals surface area contributed by atoms with Gasteiger partial charge >= 0.3 is 11.9 Å². The number of primary amides is 2. The maximum Gasteiger partial charge on any atom is 0.326 e. The maximum absolute atomic E-state index is 13.7. The van der Waals surface area contributed by atoms with Gasteiger partial charge in [0, 0.05) is 25.5 Å². The number of benzene rings is 1. The third-order valence-corrected chi connectivity index (χ3v) is 7.83. The first kappa shape index (κ1) is 43.8. The second-order valence-corrected chi connectivity index (χ2v) is 12.6. The number of carboxylic acid groups (broad SMARTS) is 2. The monoisotopic (exact) mass is 758 g/mol. The molecule has 6 atom stereocenters. The van der Waals surface area contributed by atoms with E-state index in [9.17, 15) is 53.4 Å². The summed E-state index contributed by atoms with van der Waals surface area (Å²) in [6, 6.07) is -0.743. The lowest BCUT2D eigenvalue weighted by Gasteiger charge is -2.28. The molecule has 1 aromatic carbocycles. The van der Waals surface area contributed by atoms with Gasteiger partial charge in [-0.05, 0) is 17.9 Å². The van der Waals surface area contributed by atoms with Crippen molar-refractivity contribution in [3.8, 4) is 0 Å². The van der Waals surface area contributed by atoms with E-state index in [1.165, 1.54) is 26.4 Å². The second-order valence-electron chi connectivity index (χ2n) is 12.6. The van der Waals surface area contributed by atoms with Gasteiger partial charge < -0.3 is 59.0 Å². The largest absolute Gasteiger partial charge is 0.481 e. The van der Waals surface area contributed by atoms with E-state index in [-0.39, 0.29) is 31.4 Å². The highest BCUT2D eigenvalue weighted by atomic mass is 16.4. The van der Waals surface area contributed by atoms with Crippen LogP contribution >= 0.6 is 0 Å². The van der Waals surface area contributed by atoms with Gasteiger partial charge in [0.1, 0.15) is 30.2 Å². The lowest BCUT2D eigenvalue weighted by molar-refractivity contribution is -0.143. The molecule has 0 saturated heterocycles. The summed E-state index contributed by atoms with van der Waals surface area (Å²) < 4.78 is 0. The average molecular weight is 759 g/mol. The summed E-state index contributed by atoms with van der Waals surface area (Å²) in [6.45, 7) is 3.05. The third-order valence-electron chi connectivity index (χ3n) is 7.83. The number of nitrogens with zero attached hydrogens (tertiary/aromatic N) is 1. The molecule has 2 aromatic rings. The number of amides is 7. The van der Waals surface area contributed by atoms with E-state index in [1.807, 2.05) is 0 Å². The molecule has 0 bridgehead atoms. The van der Waals surface area contributed by atoms with Crippen LogP contribution in [0.4, 0.5) is 0 Å². The van der Waals surface area contributed by atoms with Crippen LogP contribution in [0.15, 0.2) is 42.9 Å². The molecule has 0 saturated carbocycles. The Morgan fingerprint density at radius 3 is 1.80 bits per heavy atom. The van der Waals surface area contributed by atoms with Gasteiger partial charge in [-0.3, -0.25) is 38.4 Å². The summed E-state index contributed by atoms with van der Waals surface area (Å²) in [4.78, 5) is 120. The normalized spacial score (nSPS) is 14.2. The fourth-order valence-electron chi connectivity index (χ4n) is 4.97. The second kappa shape index (κ2) is 21.2. The average Bonchev–Trinajstić information content (AvgIpc) is 3.61. The topological polar surface area (TPSA) is 361 Å². The molecule has 21 heteroatoms. The van der Waals surface area contributed by atoms with Crippen LogP contribution in [0, 0.1) is 5.92 Å². The minimum absolute atomic E-state index is 0.127. The van der Waals surface area contributed by atoms with E-state index >= 15 is 0 Å². The zero-order valence-electron chi connectivity index (χ0n) is 29.6. The number of aliphatic carboxylic acids is 2. The van der Waals surface area contributed by atoms with Crippen LogP contribution in [0.3, 0.4) is 0 Å².